The predicted molar refractivity (Wildman–Crippen MR) is 489 cm³/mol. The van der Waals surface area contributed by atoms with Crippen LogP contribution in [0.5, 0.6) is 57.5 Å². The van der Waals surface area contributed by atoms with E-state index < -0.39 is 23.9 Å². The Balaban J connectivity index is 0.000000720. The molecule has 0 bridgehead atoms. The van der Waals surface area contributed by atoms with Crippen molar-refractivity contribution in [2.75, 3.05) is 121 Å². The van der Waals surface area contributed by atoms with Crippen molar-refractivity contribution in [2.45, 2.75) is 63.5 Å². The fraction of sp³-hybridized carbons (Fsp3) is 0.265. The molecule has 0 saturated heterocycles. The van der Waals surface area contributed by atoms with Gasteiger partial charge in [-0.2, -0.15) is 0 Å². The van der Waals surface area contributed by atoms with Crippen molar-refractivity contribution in [1.82, 2.24) is 0 Å². The molecule has 0 N–H and O–H groups in total. The van der Waals surface area contributed by atoms with Crippen molar-refractivity contribution >= 4 is 71.3 Å². The second kappa shape index (κ2) is 68.6. The lowest BCUT2D eigenvalue weighted by Gasteiger charge is -2.08. The standard InChI is InChI=1S/C13H16O4.C13H16O3S.C13H16O3.C12H14O4.C12H14O3S.2C12H14O3.C11H12O3/c1-10(2)13(14)17-8-7-16-12-6-4-5-11(9-12)15-3;1-10(2)13(14)16-7-8-17-12-6-4-5-11(9-12)15-3;1-10(2)13(14)16-8-7-11-5-4-6-12(9-11)15-3;1-3-12(13)16-8-7-15-11-6-4-5-10(9-11)14-2;1-3-12(13)15-7-8-16-11-6-4-5-10(9-11)14-2;1-9(2)12(13)15-8-10-5-4-6-11(7-10)14-3;1-3-12(13)15-8-7-10-5-4-6-11(9-10)14-2;1-3-11(12)14-8-9-5-4-6-10(7-9)13-2/h2*4-6,9H,1,7-8H2,2-3H3;4-6,9H,1,7-8H2,2-3H3;2*3-6,9H,1,7-8H2,2H3;4-7H,1,8H2,2-3H3;3-6,9H,1,7-8H2,2H3;3-7H,1,8H2,2H3. The Morgan fingerprint density at radius 3 is 0.849 bits per heavy atom. The second-order valence-corrected chi connectivity index (χ2v) is 27.4. The molecule has 0 aliphatic heterocycles. The minimum Gasteiger partial charge on any atom is -0.497 e. The zero-order chi connectivity index (χ0) is 93.7. The highest BCUT2D eigenvalue weighted by Gasteiger charge is 2.10. The molecule has 0 spiro atoms. The van der Waals surface area contributed by atoms with E-state index >= 15 is 0 Å². The molecule has 0 aliphatic rings. The number of hydrogen-bond donors (Lipinski definition) is 0. The van der Waals surface area contributed by atoms with Crippen LogP contribution in [0.1, 0.15) is 49.9 Å². The maximum Gasteiger partial charge on any atom is 0.333 e. The summed E-state index contributed by atoms with van der Waals surface area (Å²) in [6, 6.07) is 60.0. The van der Waals surface area contributed by atoms with Crippen molar-refractivity contribution < 1.29 is 124 Å². The average Bonchev–Trinajstić information content (AvgIpc) is 0.959. The molecule has 0 atom stereocenters. The molecule has 0 aliphatic carbocycles. The predicted octanol–water partition coefficient (Wildman–Crippen LogP) is 18.0. The Morgan fingerprint density at radius 1 is 0.262 bits per heavy atom. The normalized spacial score (nSPS) is 9.49. The van der Waals surface area contributed by atoms with E-state index in [-0.39, 0.29) is 50.3 Å². The van der Waals surface area contributed by atoms with E-state index in [0.29, 0.717) is 97.8 Å². The van der Waals surface area contributed by atoms with E-state index in [4.69, 9.17) is 85.3 Å². The maximum atomic E-state index is 11.1. The zero-order valence-electron chi connectivity index (χ0n) is 73.8. The smallest absolute Gasteiger partial charge is 0.333 e. The number of rotatable bonds is 42. The van der Waals surface area contributed by atoms with Crippen LogP contribution in [-0.2, 0) is 102 Å². The lowest BCUT2D eigenvalue weighted by atomic mass is 10.1. The number of esters is 8. The van der Waals surface area contributed by atoms with Crippen LogP contribution in [0.2, 0.25) is 0 Å². The molecule has 0 fully saturated rings. The number of hydrogen-bond acceptors (Lipinski definition) is 28. The third kappa shape index (κ3) is 53.8. The van der Waals surface area contributed by atoms with Crippen molar-refractivity contribution in [2.24, 2.45) is 0 Å². The molecule has 8 aromatic carbocycles. The van der Waals surface area contributed by atoms with Crippen LogP contribution in [-0.4, -0.2) is 169 Å². The molecule has 0 radical (unpaired) electrons. The minimum absolute atomic E-state index is 0.196. The molecular weight excluding hydrogens is 1660 g/mol. The van der Waals surface area contributed by atoms with Gasteiger partial charge in [-0.1, -0.05) is 125 Å². The first kappa shape index (κ1) is 110. The molecule has 126 heavy (non-hydrogen) atoms. The van der Waals surface area contributed by atoms with E-state index in [2.05, 4.69) is 52.6 Å². The molecular formula is C98H116O26S2. The summed E-state index contributed by atoms with van der Waals surface area (Å²) in [5, 5.41) is 0. The van der Waals surface area contributed by atoms with Gasteiger partial charge in [-0.05, 0) is 159 Å². The molecule has 0 amide bonds. The van der Waals surface area contributed by atoms with Gasteiger partial charge in [0, 0.05) is 92.9 Å². The molecule has 0 heterocycles. The lowest BCUT2D eigenvalue weighted by molar-refractivity contribution is -0.140. The van der Waals surface area contributed by atoms with Gasteiger partial charge in [0.2, 0.25) is 0 Å². The van der Waals surface area contributed by atoms with Crippen LogP contribution >= 0.6 is 23.5 Å². The van der Waals surface area contributed by atoms with Gasteiger partial charge in [-0.3, -0.25) is 0 Å². The summed E-state index contributed by atoms with van der Waals surface area (Å²) in [6.45, 7) is 36.7. The second-order valence-electron chi connectivity index (χ2n) is 25.0. The van der Waals surface area contributed by atoms with Crippen LogP contribution < -0.4 is 47.4 Å². The Morgan fingerprint density at radius 2 is 0.500 bits per heavy atom. The Labute approximate surface area is 748 Å². The molecule has 26 nitrogen and oxygen atoms in total. The molecule has 0 unspecified atom stereocenters. The van der Waals surface area contributed by atoms with Crippen LogP contribution in [0.3, 0.4) is 0 Å². The first-order valence-corrected chi connectivity index (χ1v) is 40.6. The summed E-state index contributed by atoms with van der Waals surface area (Å²) in [4.78, 5) is 89.6. The topological polar surface area (TPSA) is 303 Å². The lowest BCUT2D eigenvalue weighted by Crippen LogP contribution is -2.12. The average molecular weight is 1770 g/mol. The largest absolute Gasteiger partial charge is 0.497 e. The number of carbonyl (C=O) groups is 8. The van der Waals surface area contributed by atoms with Crippen molar-refractivity contribution in [1.29, 1.82) is 0 Å². The number of thioether (sulfide) groups is 2. The van der Waals surface area contributed by atoms with Gasteiger partial charge in [0.15, 0.2) is 0 Å². The summed E-state index contributed by atoms with van der Waals surface area (Å²) in [7, 11) is 12.9. The number of benzene rings is 8. The van der Waals surface area contributed by atoms with Gasteiger partial charge in [-0.15, -0.1) is 23.5 Å². The third-order valence-electron chi connectivity index (χ3n) is 15.1. The van der Waals surface area contributed by atoms with Crippen molar-refractivity contribution in [3.05, 3.63) is 316 Å². The van der Waals surface area contributed by atoms with Gasteiger partial charge in [0.25, 0.3) is 0 Å². The maximum absolute atomic E-state index is 11.1. The van der Waals surface area contributed by atoms with Crippen LogP contribution in [0, 0.1) is 0 Å². The summed E-state index contributed by atoms with van der Waals surface area (Å²) in [6.07, 6.45) is 5.93. The quantitative estimate of drug-likeness (QED) is 0.0113. The summed E-state index contributed by atoms with van der Waals surface area (Å²) >= 11 is 3.23. The van der Waals surface area contributed by atoms with Gasteiger partial charge in [-0.25, -0.2) is 38.4 Å². The number of methoxy groups -OCH3 is 8. The van der Waals surface area contributed by atoms with Crippen molar-refractivity contribution in [3.8, 4) is 57.5 Å². The summed E-state index contributed by atoms with van der Waals surface area (Å²) < 4.78 is 90.5. The van der Waals surface area contributed by atoms with E-state index in [9.17, 15) is 38.4 Å². The third-order valence-corrected chi connectivity index (χ3v) is 17.1. The zero-order valence-corrected chi connectivity index (χ0v) is 75.4. The molecule has 0 aromatic heterocycles. The van der Waals surface area contributed by atoms with E-state index in [1.54, 1.807) is 126 Å². The van der Waals surface area contributed by atoms with Gasteiger partial charge in [0.1, 0.15) is 110 Å². The molecule has 28 heteroatoms. The SMILES string of the molecule is C=C(C)C(=O)OCCOc1cccc(OC)c1.C=C(C)C(=O)OCCSc1cccc(OC)c1.C=C(C)C(=O)OCCc1cccc(OC)c1.C=C(C)C(=O)OCc1cccc(OC)c1.C=CC(=O)OCCOc1cccc(OC)c1.C=CC(=O)OCCSc1cccc(OC)c1.C=CC(=O)OCCc1cccc(OC)c1.C=CC(=O)OCc1cccc(OC)c1. The fourth-order valence-corrected chi connectivity index (χ4v) is 10.3. The Kier molecular flexibility index (Phi) is 60.0. The Hall–Kier alpha value is -13.9. The number of ether oxygens (including phenoxy) is 18. The molecule has 676 valence electrons. The highest BCUT2D eigenvalue weighted by molar-refractivity contribution is 7.99. The minimum atomic E-state index is -0.450. The fourth-order valence-electron chi connectivity index (χ4n) is 8.70. The van der Waals surface area contributed by atoms with Gasteiger partial charge >= 0.3 is 47.8 Å². The van der Waals surface area contributed by atoms with Gasteiger partial charge < -0.3 is 85.3 Å². The van der Waals surface area contributed by atoms with Crippen molar-refractivity contribution in [3.63, 3.8) is 0 Å². The summed E-state index contributed by atoms with van der Waals surface area (Å²) in [5.41, 5.74) is 5.56. The van der Waals surface area contributed by atoms with E-state index in [0.717, 1.165) is 102 Å². The first-order chi connectivity index (χ1) is 60.6. The van der Waals surface area contributed by atoms with Crippen LogP contribution in [0.15, 0.2) is 303 Å². The first-order valence-electron chi connectivity index (χ1n) is 38.6. The van der Waals surface area contributed by atoms with E-state index in [1.165, 1.54) is 0 Å². The highest BCUT2D eigenvalue weighted by atomic mass is 32.2. The van der Waals surface area contributed by atoms with Crippen LogP contribution in [0.4, 0.5) is 0 Å². The van der Waals surface area contributed by atoms with E-state index in [1.807, 2.05) is 176 Å². The summed E-state index contributed by atoms with van der Waals surface area (Å²) in [5.74, 6) is 5.89. The highest BCUT2D eigenvalue weighted by Crippen LogP contribution is 2.26. The monoisotopic (exact) mass is 1770 g/mol. The molecule has 0 saturated carbocycles. The van der Waals surface area contributed by atoms with Gasteiger partial charge in [0.05, 0.1) is 70.1 Å². The van der Waals surface area contributed by atoms with Crippen LogP contribution in [0.25, 0.3) is 0 Å². The number of carbonyl (C=O) groups excluding carboxylic acids is 8. The Bertz CT molecular complexity index is 4550. The molecule has 8 rings (SSSR count). The molecule has 8 aromatic rings.